The summed E-state index contributed by atoms with van der Waals surface area (Å²) in [7, 11) is 1.90. The molecule has 0 aliphatic carbocycles. The number of nitrogens with zero attached hydrogens (tertiary/aromatic N) is 2. The molecule has 0 saturated heterocycles. The SMILES string of the molecule is Cc1c([C@@H](C)NC(=O)/C=C/c2cccc(-c3ccccc3)c2)cnn1C. The number of aryl methyl sites for hydroxylation is 1. The Labute approximate surface area is 154 Å². The van der Waals surface area contributed by atoms with Crippen molar-refractivity contribution in [2.45, 2.75) is 19.9 Å². The molecule has 0 fully saturated rings. The Balaban J connectivity index is 1.68. The summed E-state index contributed by atoms with van der Waals surface area (Å²) in [5.41, 5.74) is 5.37. The van der Waals surface area contributed by atoms with Crippen LogP contribution in [-0.4, -0.2) is 15.7 Å². The second kappa shape index (κ2) is 7.83. The third kappa shape index (κ3) is 4.09. The lowest BCUT2D eigenvalue weighted by molar-refractivity contribution is -0.117. The first kappa shape index (κ1) is 17.7. The summed E-state index contributed by atoms with van der Waals surface area (Å²) < 4.78 is 1.81. The maximum atomic E-state index is 12.2. The van der Waals surface area contributed by atoms with Crippen LogP contribution in [0.4, 0.5) is 0 Å². The van der Waals surface area contributed by atoms with Crippen molar-refractivity contribution in [2.75, 3.05) is 0 Å². The highest BCUT2D eigenvalue weighted by Gasteiger charge is 2.13. The quantitative estimate of drug-likeness (QED) is 0.701. The van der Waals surface area contributed by atoms with Crippen molar-refractivity contribution in [1.29, 1.82) is 0 Å². The molecule has 0 bridgehead atoms. The van der Waals surface area contributed by atoms with E-state index in [1.165, 1.54) is 0 Å². The van der Waals surface area contributed by atoms with Gasteiger partial charge in [-0.3, -0.25) is 9.48 Å². The molecule has 1 N–H and O–H groups in total. The highest BCUT2D eigenvalue weighted by atomic mass is 16.1. The van der Waals surface area contributed by atoms with Gasteiger partial charge in [-0.2, -0.15) is 5.10 Å². The highest BCUT2D eigenvalue weighted by molar-refractivity contribution is 5.92. The van der Waals surface area contributed by atoms with Crippen molar-refractivity contribution >= 4 is 12.0 Å². The van der Waals surface area contributed by atoms with E-state index in [0.717, 1.165) is 27.9 Å². The van der Waals surface area contributed by atoms with Crippen LogP contribution in [0.3, 0.4) is 0 Å². The molecule has 3 aromatic rings. The van der Waals surface area contributed by atoms with E-state index in [-0.39, 0.29) is 11.9 Å². The molecule has 1 amide bonds. The van der Waals surface area contributed by atoms with Gasteiger partial charge in [0.2, 0.25) is 5.91 Å². The number of hydrogen-bond donors (Lipinski definition) is 1. The molecule has 0 aliphatic rings. The first-order valence-electron chi connectivity index (χ1n) is 8.67. The first-order valence-corrected chi connectivity index (χ1v) is 8.67. The summed E-state index contributed by atoms with van der Waals surface area (Å²) in [4.78, 5) is 12.2. The van der Waals surface area contributed by atoms with Gasteiger partial charge >= 0.3 is 0 Å². The summed E-state index contributed by atoms with van der Waals surface area (Å²) in [6, 6.07) is 18.3. The largest absolute Gasteiger partial charge is 0.346 e. The van der Waals surface area contributed by atoms with Crippen LogP contribution < -0.4 is 5.32 Å². The zero-order valence-corrected chi connectivity index (χ0v) is 15.3. The Morgan fingerprint density at radius 3 is 2.54 bits per heavy atom. The van der Waals surface area contributed by atoms with E-state index in [9.17, 15) is 4.79 Å². The van der Waals surface area contributed by atoms with Crippen molar-refractivity contribution in [2.24, 2.45) is 7.05 Å². The predicted molar refractivity (Wildman–Crippen MR) is 105 cm³/mol. The van der Waals surface area contributed by atoms with E-state index in [2.05, 4.69) is 34.7 Å². The van der Waals surface area contributed by atoms with Crippen LogP contribution in [-0.2, 0) is 11.8 Å². The van der Waals surface area contributed by atoms with Crippen LogP contribution in [0.25, 0.3) is 17.2 Å². The van der Waals surface area contributed by atoms with Gasteiger partial charge in [0, 0.05) is 24.4 Å². The number of carbonyl (C=O) groups is 1. The van der Waals surface area contributed by atoms with Crippen LogP contribution in [0.1, 0.15) is 29.8 Å². The molecule has 1 aromatic heterocycles. The number of nitrogens with one attached hydrogen (secondary N) is 1. The van der Waals surface area contributed by atoms with Crippen LogP contribution in [0.15, 0.2) is 66.9 Å². The molecule has 0 aliphatic heterocycles. The number of aromatic nitrogens is 2. The highest BCUT2D eigenvalue weighted by Crippen LogP contribution is 2.20. The lowest BCUT2D eigenvalue weighted by Crippen LogP contribution is -2.24. The van der Waals surface area contributed by atoms with Gasteiger partial charge in [-0.05, 0) is 42.7 Å². The van der Waals surface area contributed by atoms with Crippen molar-refractivity contribution < 1.29 is 4.79 Å². The lowest BCUT2D eigenvalue weighted by Gasteiger charge is -2.12. The van der Waals surface area contributed by atoms with E-state index >= 15 is 0 Å². The molecule has 0 spiro atoms. The molecule has 4 heteroatoms. The number of hydrogen-bond acceptors (Lipinski definition) is 2. The lowest BCUT2D eigenvalue weighted by atomic mass is 10.0. The van der Waals surface area contributed by atoms with Gasteiger partial charge in [0.05, 0.1) is 12.2 Å². The summed E-state index contributed by atoms with van der Waals surface area (Å²) in [5, 5.41) is 7.21. The van der Waals surface area contributed by atoms with Crippen molar-refractivity contribution in [3.63, 3.8) is 0 Å². The minimum Gasteiger partial charge on any atom is -0.346 e. The van der Waals surface area contributed by atoms with Crippen molar-refractivity contribution in [1.82, 2.24) is 15.1 Å². The molecule has 3 rings (SSSR count). The topological polar surface area (TPSA) is 46.9 Å². The van der Waals surface area contributed by atoms with Gasteiger partial charge < -0.3 is 5.32 Å². The zero-order valence-electron chi connectivity index (χ0n) is 15.3. The van der Waals surface area contributed by atoms with E-state index in [0.29, 0.717) is 0 Å². The Bertz CT molecular complexity index is 926. The summed E-state index contributed by atoms with van der Waals surface area (Å²) in [6.07, 6.45) is 5.21. The minimum absolute atomic E-state index is 0.0866. The third-order valence-electron chi connectivity index (χ3n) is 4.52. The Morgan fingerprint density at radius 1 is 1.12 bits per heavy atom. The van der Waals surface area contributed by atoms with Crippen molar-refractivity contribution in [3.8, 4) is 11.1 Å². The zero-order chi connectivity index (χ0) is 18.5. The van der Waals surface area contributed by atoms with E-state index < -0.39 is 0 Å². The molecule has 0 unspecified atom stereocenters. The molecular formula is C22H23N3O. The number of carbonyl (C=O) groups excluding carboxylic acids is 1. The third-order valence-corrected chi connectivity index (χ3v) is 4.52. The Morgan fingerprint density at radius 2 is 1.85 bits per heavy atom. The second-order valence-electron chi connectivity index (χ2n) is 6.36. The average molecular weight is 345 g/mol. The van der Waals surface area contributed by atoms with Crippen molar-refractivity contribution in [3.05, 3.63) is 83.7 Å². The van der Waals surface area contributed by atoms with Gasteiger partial charge in [0.1, 0.15) is 0 Å². The van der Waals surface area contributed by atoms with Gasteiger partial charge in [-0.1, -0.05) is 48.5 Å². The standard InChI is InChI=1S/C22H23N3O/c1-16(21-15-23-25(3)17(21)2)24-22(26)13-12-18-8-7-11-20(14-18)19-9-5-4-6-10-19/h4-16H,1-3H3,(H,24,26)/b13-12+/t16-/m1/s1. The smallest absolute Gasteiger partial charge is 0.244 e. The first-order chi connectivity index (χ1) is 12.5. The number of benzene rings is 2. The number of rotatable bonds is 5. The van der Waals surface area contributed by atoms with E-state index in [1.807, 2.05) is 62.0 Å². The molecule has 1 heterocycles. The maximum Gasteiger partial charge on any atom is 0.244 e. The van der Waals surface area contributed by atoms with Gasteiger partial charge in [-0.15, -0.1) is 0 Å². The normalized spacial score (nSPS) is 12.3. The molecule has 0 saturated carbocycles. The summed E-state index contributed by atoms with van der Waals surface area (Å²) >= 11 is 0. The Hall–Kier alpha value is -3.14. The van der Waals surface area contributed by atoms with E-state index in [4.69, 9.17) is 0 Å². The maximum absolute atomic E-state index is 12.2. The van der Waals surface area contributed by atoms with Gasteiger partial charge in [0.15, 0.2) is 0 Å². The molecule has 2 aromatic carbocycles. The fourth-order valence-corrected chi connectivity index (χ4v) is 2.90. The Kier molecular flexibility index (Phi) is 5.32. The van der Waals surface area contributed by atoms with Crippen LogP contribution in [0, 0.1) is 6.92 Å². The molecule has 0 radical (unpaired) electrons. The van der Waals surface area contributed by atoms with E-state index in [1.54, 1.807) is 12.3 Å². The number of amides is 1. The second-order valence-corrected chi connectivity index (χ2v) is 6.36. The molecule has 1 atom stereocenters. The molecular weight excluding hydrogens is 322 g/mol. The summed E-state index contributed by atoms with van der Waals surface area (Å²) in [6.45, 7) is 3.96. The van der Waals surface area contributed by atoms with Crippen LogP contribution >= 0.6 is 0 Å². The molecule has 132 valence electrons. The van der Waals surface area contributed by atoms with Crippen LogP contribution in [0.2, 0.25) is 0 Å². The van der Waals surface area contributed by atoms with Gasteiger partial charge in [0.25, 0.3) is 0 Å². The monoisotopic (exact) mass is 345 g/mol. The van der Waals surface area contributed by atoms with Crippen LogP contribution in [0.5, 0.6) is 0 Å². The fraction of sp³-hybridized carbons (Fsp3) is 0.182. The average Bonchev–Trinajstić information content (AvgIpc) is 3.00. The fourth-order valence-electron chi connectivity index (χ4n) is 2.90. The molecule has 4 nitrogen and oxygen atoms in total. The predicted octanol–water partition coefficient (Wildman–Crippen LogP) is 4.29. The minimum atomic E-state index is -0.120. The summed E-state index contributed by atoms with van der Waals surface area (Å²) in [5.74, 6) is -0.120. The molecule has 26 heavy (non-hydrogen) atoms. The van der Waals surface area contributed by atoms with Gasteiger partial charge in [-0.25, -0.2) is 0 Å².